The molecule has 494 valence electrons. The van der Waals surface area contributed by atoms with Gasteiger partial charge in [0, 0.05) is 12.8 Å². The van der Waals surface area contributed by atoms with Crippen LogP contribution in [0.2, 0.25) is 0 Å². The zero-order chi connectivity index (χ0) is 60.6. The first-order valence-electron chi connectivity index (χ1n) is 37.9. The number of aliphatic hydroxyl groups is 2. The number of carbonyl (C=O) groups is 2. The highest BCUT2D eigenvalue weighted by atomic mass is 16.5. The third-order valence-electron chi connectivity index (χ3n) is 17.6. The first kappa shape index (κ1) is 81.8. The molecule has 0 aromatic heterocycles. The Morgan fingerprint density at radius 1 is 0.333 bits per heavy atom. The summed E-state index contributed by atoms with van der Waals surface area (Å²) in [5, 5.41) is 23.2. The van der Waals surface area contributed by atoms with Crippen molar-refractivity contribution in [1.82, 2.24) is 5.32 Å². The molecule has 2 atom stereocenters. The van der Waals surface area contributed by atoms with Crippen LogP contribution in [0, 0.1) is 0 Å². The standard InChI is InChI=1S/C78H147NO5/c1-3-5-7-9-11-13-15-17-19-39-43-46-50-54-58-62-66-70-76(81)75(74-80)79-77(82)71-67-63-59-55-51-47-44-40-37-35-33-31-29-27-25-23-21-20-22-24-26-28-30-32-34-36-38-41-45-49-53-57-61-65-69-73-84-78(83)72-68-64-60-56-52-48-42-18-16-14-12-10-8-6-4-2/h18,22,24,28,30,42,66,70,75-76,80-81H,3-17,19-21,23,25-27,29,31-41,43-65,67-69,71-74H2,1-2H3,(H,79,82)/b24-22-,30-28-,42-18-,70-66+. The van der Waals surface area contributed by atoms with Gasteiger partial charge in [-0.05, 0) is 89.9 Å². The minimum absolute atomic E-state index is 0.00889. The van der Waals surface area contributed by atoms with Crippen molar-refractivity contribution in [3.05, 3.63) is 48.6 Å². The molecule has 0 aliphatic carbocycles. The maximum absolute atomic E-state index is 12.5. The monoisotopic (exact) mass is 1180 g/mol. The second kappa shape index (κ2) is 73.3. The number of carbonyl (C=O) groups excluding carboxylic acids is 2. The Labute approximate surface area is 525 Å². The summed E-state index contributed by atoms with van der Waals surface area (Å²) in [6.45, 7) is 4.93. The smallest absolute Gasteiger partial charge is 0.305 e. The van der Waals surface area contributed by atoms with Crippen LogP contribution in [0.25, 0.3) is 0 Å². The molecule has 2 unspecified atom stereocenters. The molecule has 0 radical (unpaired) electrons. The van der Waals surface area contributed by atoms with E-state index in [1.165, 1.54) is 334 Å². The fourth-order valence-electron chi connectivity index (χ4n) is 11.8. The van der Waals surface area contributed by atoms with Crippen LogP contribution in [-0.2, 0) is 14.3 Å². The predicted molar refractivity (Wildman–Crippen MR) is 370 cm³/mol. The van der Waals surface area contributed by atoms with E-state index >= 15 is 0 Å². The molecule has 0 saturated heterocycles. The number of rotatable bonds is 71. The van der Waals surface area contributed by atoms with Gasteiger partial charge >= 0.3 is 5.97 Å². The average Bonchev–Trinajstić information content (AvgIpc) is 3.51. The second-order valence-corrected chi connectivity index (χ2v) is 26.0. The van der Waals surface area contributed by atoms with Crippen LogP contribution in [0.1, 0.15) is 412 Å². The van der Waals surface area contributed by atoms with E-state index in [0.717, 1.165) is 51.4 Å². The highest BCUT2D eigenvalue weighted by molar-refractivity contribution is 5.76. The molecule has 0 aliphatic rings. The van der Waals surface area contributed by atoms with E-state index in [-0.39, 0.29) is 18.5 Å². The van der Waals surface area contributed by atoms with Gasteiger partial charge < -0.3 is 20.3 Å². The van der Waals surface area contributed by atoms with E-state index in [0.29, 0.717) is 19.4 Å². The van der Waals surface area contributed by atoms with E-state index in [9.17, 15) is 19.8 Å². The normalized spacial score (nSPS) is 12.8. The van der Waals surface area contributed by atoms with Crippen molar-refractivity contribution < 1.29 is 24.5 Å². The molecule has 6 heteroatoms. The van der Waals surface area contributed by atoms with Crippen molar-refractivity contribution >= 4 is 11.9 Å². The van der Waals surface area contributed by atoms with Gasteiger partial charge in [-0.2, -0.15) is 0 Å². The van der Waals surface area contributed by atoms with Gasteiger partial charge in [0.05, 0.1) is 25.4 Å². The summed E-state index contributed by atoms with van der Waals surface area (Å²) in [5.41, 5.74) is 0. The van der Waals surface area contributed by atoms with Gasteiger partial charge in [0.25, 0.3) is 0 Å². The van der Waals surface area contributed by atoms with E-state index in [1.54, 1.807) is 6.08 Å². The summed E-state index contributed by atoms with van der Waals surface area (Å²) in [4.78, 5) is 24.6. The molecule has 3 N–H and O–H groups in total. The lowest BCUT2D eigenvalue weighted by atomic mass is 10.0. The number of ether oxygens (including phenoxy) is 1. The number of aliphatic hydroxyl groups excluding tert-OH is 2. The summed E-state index contributed by atoms with van der Waals surface area (Å²) in [5.74, 6) is -0.0539. The van der Waals surface area contributed by atoms with Gasteiger partial charge in [0.1, 0.15) is 0 Å². The Morgan fingerprint density at radius 2 is 0.595 bits per heavy atom. The van der Waals surface area contributed by atoms with Gasteiger partial charge in [-0.15, -0.1) is 0 Å². The minimum Gasteiger partial charge on any atom is -0.466 e. The molecule has 0 aromatic rings. The molecule has 1 amide bonds. The largest absolute Gasteiger partial charge is 0.466 e. The fourth-order valence-corrected chi connectivity index (χ4v) is 11.8. The second-order valence-electron chi connectivity index (χ2n) is 26.0. The molecule has 0 fully saturated rings. The van der Waals surface area contributed by atoms with Crippen LogP contribution in [0.15, 0.2) is 48.6 Å². The average molecular weight is 1180 g/mol. The van der Waals surface area contributed by atoms with Gasteiger partial charge in [0.2, 0.25) is 5.91 Å². The quantitative estimate of drug-likeness (QED) is 0.0320. The first-order chi connectivity index (χ1) is 41.5. The summed E-state index contributed by atoms with van der Waals surface area (Å²) in [7, 11) is 0. The van der Waals surface area contributed by atoms with Crippen molar-refractivity contribution in [3.8, 4) is 0 Å². The van der Waals surface area contributed by atoms with Crippen molar-refractivity contribution in [2.24, 2.45) is 0 Å². The molecule has 0 rings (SSSR count). The Balaban J connectivity index is 3.39. The summed E-state index contributed by atoms with van der Waals surface area (Å²) in [6.07, 6.45) is 96.5. The Morgan fingerprint density at radius 3 is 0.917 bits per heavy atom. The number of allylic oxidation sites excluding steroid dienone is 7. The fraction of sp³-hybridized carbons (Fsp3) is 0.872. The highest BCUT2D eigenvalue weighted by Gasteiger charge is 2.18. The van der Waals surface area contributed by atoms with E-state index < -0.39 is 12.1 Å². The van der Waals surface area contributed by atoms with Gasteiger partial charge in [-0.3, -0.25) is 9.59 Å². The summed E-state index contributed by atoms with van der Waals surface area (Å²) in [6, 6.07) is -0.627. The Kier molecular flexibility index (Phi) is 71.4. The highest BCUT2D eigenvalue weighted by Crippen LogP contribution is 2.19. The molecular weight excluding hydrogens is 1030 g/mol. The zero-order valence-electron chi connectivity index (χ0n) is 56.6. The molecule has 0 aromatic carbocycles. The van der Waals surface area contributed by atoms with Crippen molar-refractivity contribution in [3.63, 3.8) is 0 Å². The number of nitrogens with one attached hydrogen (secondary N) is 1. The first-order valence-corrected chi connectivity index (χ1v) is 37.9. The number of hydrogen-bond acceptors (Lipinski definition) is 5. The van der Waals surface area contributed by atoms with Crippen LogP contribution in [0.3, 0.4) is 0 Å². The zero-order valence-corrected chi connectivity index (χ0v) is 56.6. The van der Waals surface area contributed by atoms with E-state index in [1.807, 2.05) is 6.08 Å². The van der Waals surface area contributed by atoms with Crippen LogP contribution in [-0.4, -0.2) is 47.4 Å². The molecule has 84 heavy (non-hydrogen) atoms. The Hall–Kier alpha value is -2.18. The van der Waals surface area contributed by atoms with Crippen molar-refractivity contribution in [1.29, 1.82) is 0 Å². The maximum Gasteiger partial charge on any atom is 0.305 e. The van der Waals surface area contributed by atoms with Crippen LogP contribution in [0.4, 0.5) is 0 Å². The molecule has 0 heterocycles. The molecule has 6 nitrogen and oxygen atoms in total. The van der Waals surface area contributed by atoms with Crippen molar-refractivity contribution in [2.45, 2.75) is 424 Å². The lowest BCUT2D eigenvalue weighted by molar-refractivity contribution is -0.143. The van der Waals surface area contributed by atoms with Gasteiger partial charge in [-0.25, -0.2) is 0 Å². The molecule has 0 saturated carbocycles. The van der Waals surface area contributed by atoms with E-state index in [4.69, 9.17) is 4.74 Å². The SMILES string of the molecule is CCCCCCCC/C=C\CCCCCCCC(=O)OCCCCCCCCCCCCC/C=C\C/C=C\CCCCCCCCCCCCCCCCCCCC(=O)NC(CO)C(O)/C=C/CCCCCCCCCCCCCCCCC. The minimum atomic E-state index is -0.844. The number of unbranched alkanes of at least 4 members (excludes halogenated alkanes) is 54. The molecule has 0 bridgehead atoms. The van der Waals surface area contributed by atoms with Crippen molar-refractivity contribution in [2.75, 3.05) is 13.2 Å². The number of hydrogen-bond donors (Lipinski definition) is 3. The van der Waals surface area contributed by atoms with Crippen LogP contribution >= 0.6 is 0 Å². The number of amides is 1. The molecular formula is C78H147NO5. The lowest BCUT2D eigenvalue weighted by Gasteiger charge is -2.20. The van der Waals surface area contributed by atoms with E-state index in [2.05, 4.69) is 55.6 Å². The summed E-state index contributed by atoms with van der Waals surface area (Å²) >= 11 is 0. The van der Waals surface area contributed by atoms with Gasteiger partial charge in [-0.1, -0.05) is 358 Å². The Bertz CT molecular complexity index is 1400. The third kappa shape index (κ3) is 68.9. The van der Waals surface area contributed by atoms with Crippen LogP contribution < -0.4 is 5.32 Å². The van der Waals surface area contributed by atoms with Crippen LogP contribution in [0.5, 0.6) is 0 Å². The predicted octanol–water partition coefficient (Wildman–Crippen LogP) is 24.8. The maximum atomic E-state index is 12.5. The third-order valence-corrected chi connectivity index (χ3v) is 17.6. The molecule has 0 aliphatic heterocycles. The topological polar surface area (TPSA) is 95.9 Å². The van der Waals surface area contributed by atoms with Gasteiger partial charge in [0.15, 0.2) is 0 Å². The number of esters is 1. The lowest BCUT2D eigenvalue weighted by Crippen LogP contribution is -2.45. The molecule has 0 spiro atoms. The summed E-state index contributed by atoms with van der Waals surface area (Å²) < 4.78 is 5.49.